The Bertz CT molecular complexity index is 804. The van der Waals surface area contributed by atoms with E-state index in [0.717, 1.165) is 44.9 Å². The maximum Gasteiger partial charge on any atom is 0.313 e. The Kier molecular flexibility index (Phi) is 8.93. The first-order valence-electron chi connectivity index (χ1n) is 11.7. The molecule has 0 bridgehead atoms. The fraction of sp³-hybridized carbons (Fsp3) is 0.625. The zero-order valence-corrected chi connectivity index (χ0v) is 19.7. The second kappa shape index (κ2) is 11.7. The molecule has 1 saturated heterocycles. The van der Waals surface area contributed by atoms with E-state index in [1.165, 1.54) is 4.90 Å². The molecule has 0 radical (unpaired) electrons. The molecule has 2 aliphatic rings. The number of hydrogen-bond donors (Lipinski definition) is 2. The van der Waals surface area contributed by atoms with Crippen LogP contribution in [0.5, 0.6) is 0 Å². The van der Waals surface area contributed by atoms with Crippen molar-refractivity contribution < 1.29 is 19.1 Å². The Balaban J connectivity index is 1.83. The van der Waals surface area contributed by atoms with Crippen LogP contribution in [0.2, 0.25) is 5.02 Å². The lowest BCUT2D eigenvalue weighted by molar-refractivity contribution is -0.152. The number of carbonyl (C=O) groups is 3. The first-order valence-corrected chi connectivity index (χ1v) is 12.0. The van der Waals surface area contributed by atoms with E-state index in [-0.39, 0.29) is 18.1 Å². The van der Waals surface area contributed by atoms with Crippen molar-refractivity contribution in [2.24, 2.45) is 0 Å². The van der Waals surface area contributed by atoms with Crippen LogP contribution < -0.4 is 10.6 Å². The Labute approximate surface area is 195 Å². The third kappa shape index (κ3) is 6.23. The summed E-state index contributed by atoms with van der Waals surface area (Å²) in [6.07, 6.45) is 6.79. The highest BCUT2D eigenvalue weighted by Gasteiger charge is 2.38. The average molecular weight is 464 g/mol. The fourth-order valence-corrected chi connectivity index (χ4v) is 4.73. The van der Waals surface area contributed by atoms with E-state index in [9.17, 15) is 14.4 Å². The first-order chi connectivity index (χ1) is 15.4. The van der Waals surface area contributed by atoms with E-state index in [0.29, 0.717) is 23.7 Å². The molecule has 2 fully saturated rings. The van der Waals surface area contributed by atoms with Gasteiger partial charge in [0.1, 0.15) is 6.04 Å². The molecule has 2 atom stereocenters. The summed E-state index contributed by atoms with van der Waals surface area (Å²) >= 11 is 6.44. The lowest BCUT2D eigenvalue weighted by atomic mass is 9.95. The van der Waals surface area contributed by atoms with Crippen molar-refractivity contribution in [2.45, 2.75) is 83.0 Å². The minimum atomic E-state index is -1.02. The SMILES string of the molecule is CC(C)N(C(=O)C(=O)NC1CCCCC1)C(C(=O)NCC1CCCO1)c1ccccc1Cl. The van der Waals surface area contributed by atoms with Gasteiger partial charge in [-0.1, -0.05) is 49.1 Å². The van der Waals surface area contributed by atoms with Crippen LogP contribution in [0.1, 0.15) is 70.4 Å². The van der Waals surface area contributed by atoms with Crippen molar-refractivity contribution in [3.05, 3.63) is 34.9 Å². The van der Waals surface area contributed by atoms with Crippen LogP contribution in [0.25, 0.3) is 0 Å². The molecule has 8 heteroatoms. The number of nitrogens with one attached hydrogen (secondary N) is 2. The van der Waals surface area contributed by atoms with Crippen LogP contribution in [0, 0.1) is 0 Å². The van der Waals surface area contributed by atoms with Gasteiger partial charge in [-0.2, -0.15) is 0 Å². The summed E-state index contributed by atoms with van der Waals surface area (Å²) in [6.45, 7) is 4.63. The zero-order valence-electron chi connectivity index (χ0n) is 18.9. The topological polar surface area (TPSA) is 87.7 Å². The van der Waals surface area contributed by atoms with E-state index in [1.54, 1.807) is 38.1 Å². The van der Waals surface area contributed by atoms with Gasteiger partial charge in [0.25, 0.3) is 0 Å². The van der Waals surface area contributed by atoms with Crippen LogP contribution in [0.3, 0.4) is 0 Å². The minimum Gasteiger partial charge on any atom is -0.376 e. The maximum absolute atomic E-state index is 13.4. The molecule has 0 aromatic heterocycles. The van der Waals surface area contributed by atoms with Gasteiger partial charge in [-0.05, 0) is 45.6 Å². The van der Waals surface area contributed by atoms with E-state index in [1.807, 2.05) is 0 Å². The lowest BCUT2D eigenvalue weighted by Gasteiger charge is -2.35. The average Bonchev–Trinajstić information content (AvgIpc) is 3.30. The highest BCUT2D eigenvalue weighted by molar-refractivity contribution is 6.36. The Morgan fingerprint density at radius 3 is 2.44 bits per heavy atom. The summed E-state index contributed by atoms with van der Waals surface area (Å²) in [6, 6.07) is 5.53. The van der Waals surface area contributed by atoms with Crippen LogP contribution in [0.4, 0.5) is 0 Å². The normalized spacial score (nSPS) is 20.1. The summed E-state index contributed by atoms with van der Waals surface area (Å²) in [5.74, 6) is -1.77. The monoisotopic (exact) mass is 463 g/mol. The molecular formula is C24H34ClN3O4. The van der Waals surface area contributed by atoms with Gasteiger partial charge in [0.15, 0.2) is 0 Å². The summed E-state index contributed by atoms with van der Waals surface area (Å²) in [5, 5.41) is 6.16. The molecule has 1 saturated carbocycles. The number of benzene rings is 1. The van der Waals surface area contributed by atoms with E-state index >= 15 is 0 Å². The van der Waals surface area contributed by atoms with Gasteiger partial charge in [0, 0.05) is 35.8 Å². The molecular weight excluding hydrogens is 430 g/mol. The van der Waals surface area contributed by atoms with Gasteiger partial charge >= 0.3 is 11.8 Å². The molecule has 2 N–H and O–H groups in total. The predicted molar refractivity (Wildman–Crippen MR) is 123 cm³/mol. The molecule has 3 amide bonds. The van der Waals surface area contributed by atoms with Crippen LogP contribution >= 0.6 is 11.6 Å². The standard InChI is InChI=1S/C24H34ClN3O4/c1-16(2)28(24(31)23(30)27-17-9-4-3-5-10-17)21(19-12-6-7-13-20(19)25)22(29)26-15-18-11-8-14-32-18/h6-7,12-13,16-18,21H,3-5,8-11,14-15H2,1-2H3,(H,26,29)(H,27,30). The van der Waals surface area contributed by atoms with Gasteiger partial charge in [0.2, 0.25) is 5.91 Å². The van der Waals surface area contributed by atoms with Gasteiger partial charge in [-0.15, -0.1) is 0 Å². The van der Waals surface area contributed by atoms with Crippen molar-refractivity contribution in [3.8, 4) is 0 Å². The number of nitrogens with zero attached hydrogens (tertiary/aromatic N) is 1. The van der Waals surface area contributed by atoms with Crippen molar-refractivity contribution in [1.29, 1.82) is 0 Å². The number of rotatable bonds is 7. The largest absolute Gasteiger partial charge is 0.376 e. The summed E-state index contributed by atoms with van der Waals surface area (Å²) < 4.78 is 5.61. The first kappa shape index (κ1) is 24.5. The fourth-order valence-electron chi connectivity index (χ4n) is 4.49. The molecule has 2 unspecified atom stereocenters. The highest BCUT2D eigenvalue weighted by atomic mass is 35.5. The minimum absolute atomic E-state index is 0.00122. The number of amides is 3. The highest BCUT2D eigenvalue weighted by Crippen LogP contribution is 2.30. The van der Waals surface area contributed by atoms with Gasteiger partial charge < -0.3 is 20.3 Å². The third-order valence-electron chi connectivity index (χ3n) is 6.18. The van der Waals surface area contributed by atoms with Crippen LogP contribution in [-0.4, -0.2) is 54.0 Å². The molecule has 1 aromatic carbocycles. The van der Waals surface area contributed by atoms with Crippen LogP contribution in [0.15, 0.2) is 24.3 Å². The third-order valence-corrected chi connectivity index (χ3v) is 6.52. The Morgan fingerprint density at radius 1 is 1.09 bits per heavy atom. The quantitative estimate of drug-likeness (QED) is 0.607. The van der Waals surface area contributed by atoms with Crippen molar-refractivity contribution >= 4 is 29.3 Å². The molecule has 1 aliphatic carbocycles. The van der Waals surface area contributed by atoms with Gasteiger partial charge in [-0.3, -0.25) is 14.4 Å². The molecule has 1 aliphatic heterocycles. The van der Waals surface area contributed by atoms with Gasteiger partial charge in [-0.25, -0.2) is 0 Å². The Hall–Kier alpha value is -2.12. The molecule has 3 rings (SSSR count). The molecule has 0 spiro atoms. The zero-order chi connectivity index (χ0) is 23.1. The maximum atomic E-state index is 13.4. The Morgan fingerprint density at radius 2 is 1.81 bits per heavy atom. The molecule has 1 heterocycles. The van der Waals surface area contributed by atoms with Crippen molar-refractivity contribution in [2.75, 3.05) is 13.2 Å². The van der Waals surface area contributed by atoms with Gasteiger partial charge in [0.05, 0.1) is 6.10 Å². The summed E-state index contributed by atoms with van der Waals surface area (Å²) in [5.41, 5.74) is 0.492. The molecule has 32 heavy (non-hydrogen) atoms. The number of halogens is 1. The van der Waals surface area contributed by atoms with E-state index in [4.69, 9.17) is 16.3 Å². The predicted octanol–water partition coefficient (Wildman–Crippen LogP) is 3.36. The lowest BCUT2D eigenvalue weighted by Crippen LogP contribution is -2.53. The molecule has 1 aromatic rings. The van der Waals surface area contributed by atoms with Crippen molar-refractivity contribution in [3.63, 3.8) is 0 Å². The van der Waals surface area contributed by atoms with Crippen molar-refractivity contribution in [1.82, 2.24) is 15.5 Å². The van der Waals surface area contributed by atoms with E-state index < -0.39 is 23.9 Å². The number of carbonyl (C=O) groups excluding carboxylic acids is 3. The van der Waals surface area contributed by atoms with E-state index in [2.05, 4.69) is 10.6 Å². The number of ether oxygens (including phenoxy) is 1. The second-order valence-corrected chi connectivity index (χ2v) is 9.33. The molecule has 7 nitrogen and oxygen atoms in total. The number of hydrogen-bond acceptors (Lipinski definition) is 4. The summed E-state index contributed by atoms with van der Waals surface area (Å²) in [4.78, 5) is 40.9. The second-order valence-electron chi connectivity index (χ2n) is 8.92. The summed E-state index contributed by atoms with van der Waals surface area (Å²) in [7, 11) is 0. The smallest absolute Gasteiger partial charge is 0.313 e. The van der Waals surface area contributed by atoms with Crippen LogP contribution in [-0.2, 0) is 19.1 Å². The molecule has 176 valence electrons.